The molecule has 0 fully saturated rings. The molecule has 0 radical (unpaired) electrons. The largest absolute Gasteiger partial charge is 0.489 e. The fraction of sp³-hybridized carbons (Fsp3) is 0.0909. The van der Waals surface area contributed by atoms with Crippen molar-refractivity contribution in [3.05, 3.63) is 108 Å². The van der Waals surface area contributed by atoms with Gasteiger partial charge in [0.2, 0.25) is 0 Å². The second-order valence-corrected chi connectivity index (χ2v) is 5.44. The molecule has 0 aromatic heterocycles. The van der Waals surface area contributed by atoms with E-state index in [-0.39, 0.29) is 0 Å². The van der Waals surface area contributed by atoms with Gasteiger partial charge in [0.25, 0.3) is 0 Å². The average Bonchev–Trinajstić information content (AvgIpc) is 2.63. The number of rotatable bonds is 6. The molecule has 0 heterocycles. The van der Waals surface area contributed by atoms with Crippen molar-refractivity contribution in [3.63, 3.8) is 0 Å². The van der Waals surface area contributed by atoms with E-state index in [1.807, 2.05) is 36.4 Å². The Bertz CT molecular complexity index is 728. The molecule has 3 aromatic rings. The molecule has 0 amide bonds. The molecular weight excluding hydrogens is 280 g/mol. The van der Waals surface area contributed by atoms with Crippen molar-refractivity contribution in [1.82, 2.24) is 0 Å². The van der Waals surface area contributed by atoms with Crippen molar-refractivity contribution in [1.29, 1.82) is 0 Å². The van der Waals surface area contributed by atoms with E-state index < -0.39 is 0 Å². The molecule has 0 saturated carbocycles. The van der Waals surface area contributed by atoms with E-state index in [1.54, 1.807) is 0 Å². The van der Waals surface area contributed by atoms with E-state index in [0.29, 0.717) is 6.61 Å². The summed E-state index contributed by atoms with van der Waals surface area (Å²) in [6.45, 7) is 0.601. The van der Waals surface area contributed by atoms with E-state index >= 15 is 0 Å². The SMILES string of the molecule is C(=C\c1ccc(OCc2ccccc2)cc1)/Cc1ccccc1. The van der Waals surface area contributed by atoms with Crippen molar-refractivity contribution in [2.24, 2.45) is 0 Å². The lowest BCUT2D eigenvalue weighted by atomic mass is 10.1. The molecule has 0 aliphatic carbocycles. The number of benzene rings is 3. The van der Waals surface area contributed by atoms with Crippen LogP contribution in [0.5, 0.6) is 5.75 Å². The Balaban J connectivity index is 1.52. The molecule has 0 spiro atoms. The third kappa shape index (κ3) is 4.86. The van der Waals surface area contributed by atoms with Crippen LogP contribution in [-0.4, -0.2) is 0 Å². The second kappa shape index (κ2) is 8.00. The number of ether oxygens (including phenoxy) is 1. The molecule has 0 unspecified atom stereocenters. The normalized spacial score (nSPS) is 10.8. The highest BCUT2D eigenvalue weighted by atomic mass is 16.5. The smallest absolute Gasteiger partial charge is 0.119 e. The Kier molecular flexibility index (Phi) is 5.25. The first kappa shape index (κ1) is 15.1. The molecule has 114 valence electrons. The highest BCUT2D eigenvalue weighted by Crippen LogP contribution is 2.15. The molecule has 0 saturated heterocycles. The maximum atomic E-state index is 5.80. The molecular formula is C22H20O. The lowest BCUT2D eigenvalue weighted by molar-refractivity contribution is 0.306. The van der Waals surface area contributed by atoms with Crippen LogP contribution in [0.25, 0.3) is 6.08 Å². The minimum Gasteiger partial charge on any atom is -0.489 e. The molecule has 23 heavy (non-hydrogen) atoms. The molecule has 0 aliphatic rings. The summed E-state index contributed by atoms with van der Waals surface area (Å²) in [5, 5.41) is 0. The topological polar surface area (TPSA) is 9.23 Å². The Hall–Kier alpha value is -2.80. The van der Waals surface area contributed by atoms with Gasteiger partial charge >= 0.3 is 0 Å². The monoisotopic (exact) mass is 300 g/mol. The number of hydrogen-bond acceptors (Lipinski definition) is 1. The molecule has 3 rings (SSSR count). The van der Waals surface area contributed by atoms with Crippen LogP contribution < -0.4 is 4.74 Å². The van der Waals surface area contributed by atoms with Crippen molar-refractivity contribution >= 4 is 6.08 Å². The first-order chi connectivity index (χ1) is 11.4. The minimum absolute atomic E-state index is 0.601. The highest BCUT2D eigenvalue weighted by molar-refractivity contribution is 5.51. The molecule has 1 nitrogen and oxygen atoms in total. The first-order valence-electron chi connectivity index (χ1n) is 7.87. The summed E-state index contributed by atoms with van der Waals surface area (Å²) in [6, 6.07) is 28.9. The van der Waals surface area contributed by atoms with Gasteiger partial charge in [-0.05, 0) is 35.2 Å². The van der Waals surface area contributed by atoms with E-state index in [1.165, 1.54) is 16.7 Å². The number of hydrogen-bond donors (Lipinski definition) is 0. The van der Waals surface area contributed by atoms with Crippen molar-refractivity contribution in [3.8, 4) is 5.75 Å². The third-order valence-corrected chi connectivity index (χ3v) is 3.64. The molecule has 3 aromatic carbocycles. The zero-order chi connectivity index (χ0) is 15.7. The van der Waals surface area contributed by atoms with Crippen LogP contribution in [0, 0.1) is 0 Å². The first-order valence-corrected chi connectivity index (χ1v) is 7.87. The summed E-state index contributed by atoms with van der Waals surface area (Å²) >= 11 is 0. The maximum absolute atomic E-state index is 5.80. The van der Waals surface area contributed by atoms with Gasteiger partial charge < -0.3 is 4.74 Å². The van der Waals surface area contributed by atoms with Crippen LogP contribution in [0.1, 0.15) is 16.7 Å². The predicted molar refractivity (Wildman–Crippen MR) is 96.4 cm³/mol. The van der Waals surface area contributed by atoms with E-state index in [4.69, 9.17) is 4.74 Å². The van der Waals surface area contributed by atoms with Crippen LogP contribution in [0.2, 0.25) is 0 Å². The Morgan fingerprint density at radius 1 is 0.652 bits per heavy atom. The molecule has 0 aliphatic heterocycles. The Morgan fingerprint density at radius 3 is 1.91 bits per heavy atom. The quantitative estimate of drug-likeness (QED) is 0.582. The van der Waals surface area contributed by atoms with Crippen LogP contribution in [0.4, 0.5) is 0 Å². The van der Waals surface area contributed by atoms with Gasteiger partial charge in [0.1, 0.15) is 12.4 Å². The lowest BCUT2D eigenvalue weighted by Crippen LogP contribution is -1.94. The molecule has 0 bridgehead atoms. The van der Waals surface area contributed by atoms with Gasteiger partial charge in [-0.2, -0.15) is 0 Å². The van der Waals surface area contributed by atoms with Crippen LogP contribution in [0.15, 0.2) is 91.0 Å². The maximum Gasteiger partial charge on any atom is 0.119 e. The zero-order valence-electron chi connectivity index (χ0n) is 13.1. The van der Waals surface area contributed by atoms with Gasteiger partial charge in [-0.25, -0.2) is 0 Å². The molecule has 0 N–H and O–H groups in total. The van der Waals surface area contributed by atoms with Gasteiger partial charge in [0, 0.05) is 0 Å². The fourth-order valence-corrected chi connectivity index (χ4v) is 2.36. The van der Waals surface area contributed by atoms with Crippen molar-refractivity contribution < 1.29 is 4.74 Å². The van der Waals surface area contributed by atoms with E-state index in [2.05, 4.69) is 60.7 Å². The van der Waals surface area contributed by atoms with Gasteiger partial charge in [0.05, 0.1) is 0 Å². The van der Waals surface area contributed by atoms with Crippen LogP contribution in [0.3, 0.4) is 0 Å². The van der Waals surface area contributed by atoms with Crippen molar-refractivity contribution in [2.75, 3.05) is 0 Å². The summed E-state index contributed by atoms with van der Waals surface area (Å²) in [7, 11) is 0. The van der Waals surface area contributed by atoms with Crippen LogP contribution in [-0.2, 0) is 13.0 Å². The summed E-state index contributed by atoms with van der Waals surface area (Å²) in [4.78, 5) is 0. The summed E-state index contributed by atoms with van der Waals surface area (Å²) in [6.07, 6.45) is 5.29. The fourth-order valence-electron chi connectivity index (χ4n) is 2.36. The highest BCUT2D eigenvalue weighted by Gasteiger charge is 1.95. The van der Waals surface area contributed by atoms with Gasteiger partial charge in [-0.3, -0.25) is 0 Å². The number of allylic oxidation sites excluding steroid dienone is 1. The Morgan fingerprint density at radius 2 is 1.26 bits per heavy atom. The van der Waals surface area contributed by atoms with Gasteiger partial charge in [-0.15, -0.1) is 0 Å². The van der Waals surface area contributed by atoms with E-state index in [9.17, 15) is 0 Å². The average molecular weight is 300 g/mol. The van der Waals surface area contributed by atoms with Gasteiger partial charge in [-0.1, -0.05) is 84.9 Å². The Labute approximate surface area is 137 Å². The zero-order valence-corrected chi connectivity index (χ0v) is 13.1. The van der Waals surface area contributed by atoms with E-state index in [0.717, 1.165) is 12.2 Å². The lowest BCUT2D eigenvalue weighted by Gasteiger charge is -2.06. The molecule has 0 atom stereocenters. The standard InChI is InChI=1S/C22H20O/c1-3-8-19(9-4-1)12-7-13-20-14-16-22(17-15-20)23-18-21-10-5-2-6-11-21/h1-11,13-17H,12,18H2/b13-7+. The third-order valence-electron chi connectivity index (χ3n) is 3.64. The summed E-state index contributed by atoms with van der Waals surface area (Å²) < 4.78 is 5.80. The predicted octanol–water partition coefficient (Wildman–Crippen LogP) is 5.52. The van der Waals surface area contributed by atoms with Gasteiger partial charge in [0.15, 0.2) is 0 Å². The van der Waals surface area contributed by atoms with Crippen molar-refractivity contribution in [2.45, 2.75) is 13.0 Å². The molecule has 1 heteroatoms. The second-order valence-electron chi connectivity index (χ2n) is 5.44. The summed E-state index contributed by atoms with van der Waals surface area (Å²) in [5.41, 5.74) is 3.69. The van der Waals surface area contributed by atoms with Crippen LogP contribution >= 0.6 is 0 Å². The summed E-state index contributed by atoms with van der Waals surface area (Å²) in [5.74, 6) is 0.897. The minimum atomic E-state index is 0.601.